The van der Waals surface area contributed by atoms with Crippen LogP contribution in [-0.2, 0) is 6.42 Å². The lowest BCUT2D eigenvalue weighted by molar-refractivity contribution is 0.969. The monoisotopic (exact) mass is 249 g/mol. The van der Waals surface area contributed by atoms with E-state index < -0.39 is 0 Å². The van der Waals surface area contributed by atoms with E-state index in [1.807, 2.05) is 24.3 Å². The van der Waals surface area contributed by atoms with Gasteiger partial charge in [0.15, 0.2) is 0 Å². The summed E-state index contributed by atoms with van der Waals surface area (Å²) in [5.41, 5.74) is 13.0. The van der Waals surface area contributed by atoms with E-state index in [-0.39, 0.29) is 24.8 Å². The van der Waals surface area contributed by atoms with Gasteiger partial charge in [0.2, 0.25) is 0 Å². The predicted octanol–water partition coefficient (Wildman–Crippen LogP) is 2.04. The van der Waals surface area contributed by atoms with Crippen molar-refractivity contribution in [3.63, 3.8) is 0 Å². The summed E-state index contributed by atoms with van der Waals surface area (Å²) < 4.78 is 0. The summed E-state index contributed by atoms with van der Waals surface area (Å²) in [5, 5.41) is 0. The van der Waals surface area contributed by atoms with Crippen LogP contribution >= 0.6 is 24.8 Å². The Hall–Kier alpha value is -0.770. The summed E-state index contributed by atoms with van der Waals surface area (Å²) in [7, 11) is 0. The molecule has 1 aromatic carbocycles. The molecule has 0 heterocycles. The molecule has 0 fully saturated rings. The molecule has 0 radical (unpaired) electrons. The molecule has 0 aromatic heterocycles. The lowest BCUT2D eigenvalue weighted by Gasteiger charge is -1.99. The van der Waals surface area contributed by atoms with Gasteiger partial charge in [-0.1, -0.05) is 12.1 Å². The number of aliphatic imine (C=N–C) groups is 1. The molecule has 1 rings (SSSR count). The first-order valence-corrected chi connectivity index (χ1v) is 4.32. The van der Waals surface area contributed by atoms with Crippen molar-refractivity contribution in [1.82, 2.24) is 0 Å². The number of rotatable bonds is 3. The molecule has 5 heteroatoms. The maximum Gasteiger partial charge on any atom is 0.0964 e. The molecule has 0 aliphatic heterocycles. The van der Waals surface area contributed by atoms with Gasteiger partial charge in [0, 0.05) is 0 Å². The summed E-state index contributed by atoms with van der Waals surface area (Å²) in [6, 6.07) is 7.94. The maximum absolute atomic E-state index is 5.45. The van der Waals surface area contributed by atoms with Gasteiger partial charge < -0.3 is 11.5 Å². The third-order valence-corrected chi connectivity index (χ3v) is 1.67. The van der Waals surface area contributed by atoms with Crippen LogP contribution in [-0.4, -0.2) is 12.4 Å². The van der Waals surface area contributed by atoms with E-state index in [0.717, 1.165) is 12.1 Å². The maximum atomic E-state index is 5.45. The molecule has 86 valence electrons. The Morgan fingerprint density at radius 1 is 1.20 bits per heavy atom. The zero-order chi connectivity index (χ0) is 9.68. The predicted molar refractivity (Wildman–Crippen MR) is 70.7 cm³/mol. The van der Waals surface area contributed by atoms with Crippen LogP contribution < -0.4 is 11.5 Å². The number of nitrogens with zero attached hydrogens (tertiary/aromatic N) is 1. The van der Waals surface area contributed by atoms with Gasteiger partial charge in [-0.15, -0.1) is 24.8 Å². The van der Waals surface area contributed by atoms with Crippen molar-refractivity contribution in [2.24, 2.45) is 16.5 Å². The average molecular weight is 250 g/mol. The molecule has 3 nitrogen and oxygen atoms in total. The molecule has 4 N–H and O–H groups in total. The molecule has 0 saturated carbocycles. The molecule has 0 saturated heterocycles. The highest BCUT2D eigenvalue weighted by molar-refractivity contribution is 5.85. The Balaban J connectivity index is 0. The van der Waals surface area contributed by atoms with Gasteiger partial charge in [-0.05, 0) is 37.6 Å². The largest absolute Gasteiger partial charge is 0.387 e. The van der Waals surface area contributed by atoms with Crippen molar-refractivity contribution < 1.29 is 0 Å². The first-order valence-electron chi connectivity index (χ1n) is 4.32. The van der Waals surface area contributed by atoms with Crippen molar-refractivity contribution in [1.29, 1.82) is 0 Å². The summed E-state index contributed by atoms with van der Waals surface area (Å²) in [4.78, 5) is 4.12. The molecule has 0 spiro atoms. The minimum absolute atomic E-state index is 0. The van der Waals surface area contributed by atoms with E-state index in [2.05, 4.69) is 4.99 Å². The highest BCUT2D eigenvalue weighted by atomic mass is 35.5. The Bertz CT molecular complexity index is 292. The first kappa shape index (κ1) is 16.7. The number of hydrogen-bond donors (Lipinski definition) is 2. The van der Waals surface area contributed by atoms with E-state index in [1.165, 1.54) is 5.56 Å². The van der Waals surface area contributed by atoms with Crippen LogP contribution in [0.3, 0.4) is 0 Å². The van der Waals surface area contributed by atoms with Crippen LogP contribution in [0.15, 0.2) is 29.3 Å². The van der Waals surface area contributed by atoms with E-state index in [0.29, 0.717) is 12.4 Å². The van der Waals surface area contributed by atoms with Crippen LogP contribution in [0.25, 0.3) is 0 Å². The van der Waals surface area contributed by atoms with Crippen molar-refractivity contribution in [2.45, 2.75) is 13.3 Å². The standard InChI is InChI=1S/C10H15N3.2ClH/c1-8(12)13-10-4-2-9(3-5-10)6-7-11;;/h2-5H,6-7,11H2,1H3,(H2,12,13);2*1H. The van der Waals surface area contributed by atoms with Crippen LogP contribution in [0.1, 0.15) is 12.5 Å². The summed E-state index contributed by atoms with van der Waals surface area (Å²) in [5.74, 6) is 0.576. The molecule has 0 bridgehead atoms. The third-order valence-electron chi connectivity index (χ3n) is 1.67. The van der Waals surface area contributed by atoms with Gasteiger partial charge in [0.1, 0.15) is 0 Å². The van der Waals surface area contributed by atoms with Crippen LogP contribution in [0.5, 0.6) is 0 Å². The lowest BCUT2D eigenvalue weighted by Crippen LogP contribution is -2.04. The third kappa shape index (κ3) is 6.33. The van der Waals surface area contributed by atoms with E-state index in [4.69, 9.17) is 11.5 Å². The Kier molecular flexibility index (Phi) is 9.47. The molecule has 0 aliphatic carbocycles. The second-order valence-corrected chi connectivity index (χ2v) is 2.96. The first-order chi connectivity index (χ1) is 6.22. The normalized spacial score (nSPS) is 10.1. The number of halogens is 2. The fraction of sp³-hybridized carbons (Fsp3) is 0.300. The molecular weight excluding hydrogens is 233 g/mol. The van der Waals surface area contributed by atoms with Gasteiger partial charge in [-0.25, -0.2) is 4.99 Å². The van der Waals surface area contributed by atoms with Gasteiger partial charge in [-0.3, -0.25) is 0 Å². The molecule has 0 atom stereocenters. The minimum Gasteiger partial charge on any atom is -0.387 e. The van der Waals surface area contributed by atoms with Crippen LogP contribution in [0.4, 0.5) is 5.69 Å². The number of hydrogen-bond acceptors (Lipinski definition) is 2. The number of benzene rings is 1. The highest BCUT2D eigenvalue weighted by Crippen LogP contribution is 2.12. The molecule has 1 aromatic rings. The van der Waals surface area contributed by atoms with Crippen molar-refractivity contribution in [2.75, 3.05) is 6.54 Å². The Morgan fingerprint density at radius 3 is 2.13 bits per heavy atom. The molecule has 15 heavy (non-hydrogen) atoms. The summed E-state index contributed by atoms with van der Waals surface area (Å²) >= 11 is 0. The van der Waals surface area contributed by atoms with Gasteiger partial charge >= 0.3 is 0 Å². The zero-order valence-electron chi connectivity index (χ0n) is 8.64. The smallest absolute Gasteiger partial charge is 0.0964 e. The van der Waals surface area contributed by atoms with Crippen molar-refractivity contribution in [3.8, 4) is 0 Å². The Labute approximate surface area is 103 Å². The van der Waals surface area contributed by atoms with Gasteiger partial charge in [-0.2, -0.15) is 0 Å². The molecule has 0 unspecified atom stereocenters. The van der Waals surface area contributed by atoms with Crippen molar-refractivity contribution in [3.05, 3.63) is 29.8 Å². The number of amidine groups is 1. The topological polar surface area (TPSA) is 64.4 Å². The SMILES string of the molecule is CC(N)=Nc1ccc(CCN)cc1.Cl.Cl. The fourth-order valence-corrected chi connectivity index (χ4v) is 1.11. The average Bonchev–Trinajstić information content (AvgIpc) is 2.08. The molecular formula is C10H17Cl2N3. The second-order valence-electron chi connectivity index (χ2n) is 2.96. The van der Waals surface area contributed by atoms with Crippen LogP contribution in [0.2, 0.25) is 0 Å². The van der Waals surface area contributed by atoms with E-state index in [9.17, 15) is 0 Å². The quantitative estimate of drug-likeness (QED) is 0.636. The van der Waals surface area contributed by atoms with E-state index >= 15 is 0 Å². The zero-order valence-corrected chi connectivity index (χ0v) is 10.3. The summed E-state index contributed by atoms with van der Waals surface area (Å²) in [6.45, 7) is 2.45. The Morgan fingerprint density at radius 2 is 1.73 bits per heavy atom. The minimum atomic E-state index is 0. The number of nitrogens with two attached hydrogens (primary N) is 2. The van der Waals surface area contributed by atoms with Crippen molar-refractivity contribution >= 4 is 36.3 Å². The van der Waals surface area contributed by atoms with Gasteiger partial charge in [0.05, 0.1) is 11.5 Å². The summed E-state index contributed by atoms with van der Waals surface area (Å²) in [6.07, 6.45) is 0.908. The fourth-order valence-electron chi connectivity index (χ4n) is 1.11. The lowest BCUT2D eigenvalue weighted by atomic mass is 10.1. The second kappa shape index (κ2) is 8.53. The molecule has 0 aliphatic rings. The highest BCUT2D eigenvalue weighted by Gasteiger charge is 1.92. The molecule has 0 amide bonds. The van der Waals surface area contributed by atoms with Gasteiger partial charge in [0.25, 0.3) is 0 Å². The van der Waals surface area contributed by atoms with E-state index in [1.54, 1.807) is 6.92 Å². The van der Waals surface area contributed by atoms with Crippen LogP contribution in [0, 0.1) is 0 Å².